The molecule has 0 aromatic heterocycles. The molecule has 68 valence electrons. The highest BCUT2D eigenvalue weighted by Crippen LogP contribution is 2.02. The van der Waals surface area contributed by atoms with Gasteiger partial charge in [0.1, 0.15) is 12.1 Å². The zero-order valence-electron chi connectivity index (χ0n) is 7.18. The maximum Gasteiger partial charge on any atom is 0.340 e. The van der Waals surface area contributed by atoms with Gasteiger partial charge in [0.25, 0.3) is 6.10 Å². The fourth-order valence-corrected chi connectivity index (χ4v) is 0.831. The monoisotopic (exact) mass is 186 g/mol. The molecule has 0 N–H and O–H groups in total. The van der Waals surface area contributed by atoms with E-state index in [0.29, 0.717) is 5.56 Å². The molecule has 14 heavy (non-hydrogen) atoms. The number of ether oxygens (including phenoxy) is 1. The molecule has 0 aliphatic heterocycles. The number of benzene rings is 1. The Morgan fingerprint density at radius 3 is 2.29 bits per heavy atom. The first-order chi connectivity index (χ1) is 6.77. The first-order valence-electron chi connectivity index (χ1n) is 3.83. The van der Waals surface area contributed by atoms with Gasteiger partial charge in [-0.15, -0.1) is 0 Å². The number of esters is 1. The van der Waals surface area contributed by atoms with Crippen LogP contribution in [0.4, 0.5) is 0 Å². The number of carbonyl (C=O) groups excluding carboxylic acids is 1. The molecule has 1 aromatic carbocycles. The van der Waals surface area contributed by atoms with Crippen molar-refractivity contribution in [2.24, 2.45) is 0 Å². The molecule has 0 unspecified atom stereocenters. The average molecular weight is 186 g/mol. The van der Waals surface area contributed by atoms with E-state index >= 15 is 0 Å². The molecular formula is C10H6N2O2. The lowest BCUT2D eigenvalue weighted by Gasteiger charge is -2.02. The number of carbonyl (C=O) groups is 1. The number of nitrogens with zero attached hydrogens (tertiary/aromatic N) is 2. The second-order valence-electron chi connectivity index (χ2n) is 2.41. The van der Waals surface area contributed by atoms with Crippen LogP contribution in [-0.2, 0) is 4.74 Å². The molecule has 0 aliphatic carbocycles. The van der Waals surface area contributed by atoms with Gasteiger partial charge in [0.05, 0.1) is 5.56 Å². The summed E-state index contributed by atoms with van der Waals surface area (Å²) in [6.45, 7) is 0. The minimum atomic E-state index is -1.34. The lowest BCUT2D eigenvalue weighted by Crippen LogP contribution is -2.14. The Kier molecular flexibility index (Phi) is 3.23. The van der Waals surface area contributed by atoms with Crippen LogP contribution in [0.15, 0.2) is 30.3 Å². The van der Waals surface area contributed by atoms with Crippen LogP contribution in [0.25, 0.3) is 0 Å². The first-order valence-corrected chi connectivity index (χ1v) is 3.83. The first kappa shape index (κ1) is 9.76. The zero-order chi connectivity index (χ0) is 10.4. The Labute approximate surface area is 81.0 Å². The highest BCUT2D eigenvalue weighted by molar-refractivity contribution is 5.89. The summed E-state index contributed by atoms with van der Waals surface area (Å²) in [5.41, 5.74) is 0.322. The van der Waals surface area contributed by atoms with E-state index in [0.717, 1.165) is 0 Å². The van der Waals surface area contributed by atoms with Crippen LogP contribution < -0.4 is 0 Å². The van der Waals surface area contributed by atoms with Crippen LogP contribution in [-0.4, -0.2) is 12.1 Å². The van der Waals surface area contributed by atoms with Gasteiger partial charge >= 0.3 is 5.97 Å². The van der Waals surface area contributed by atoms with Gasteiger partial charge in [0.2, 0.25) is 0 Å². The van der Waals surface area contributed by atoms with E-state index < -0.39 is 12.1 Å². The maximum absolute atomic E-state index is 11.2. The van der Waals surface area contributed by atoms with Crippen molar-refractivity contribution in [3.8, 4) is 12.1 Å². The van der Waals surface area contributed by atoms with E-state index in [9.17, 15) is 4.79 Å². The number of hydrogen-bond donors (Lipinski definition) is 0. The van der Waals surface area contributed by atoms with E-state index in [-0.39, 0.29) is 0 Å². The van der Waals surface area contributed by atoms with Gasteiger partial charge in [-0.25, -0.2) is 4.79 Å². The highest BCUT2D eigenvalue weighted by Gasteiger charge is 2.13. The third kappa shape index (κ3) is 2.33. The van der Waals surface area contributed by atoms with Crippen molar-refractivity contribution in [1.82, 2.24) is 0 Å². The van der Waals surface area contributed by atoms with Crippen molar-refractivity contribution >= 4 is 5.97 Å². The fourth-order valence-electron chi connectivity index (χ4n) is 0.831. The van der Waals surface area contributed by atoms with E-state index in [1.54, 1.807) is 42.5 Å². The van der Waals surface area contributed by atoms with Gasteiger partial charge in [-0.2, -0.15) is 10.5 Å². The van der Waals surface area contributed by atoms with Crippen LogP contribution in [0.3, 0.4) is 0 Å². The van der Waals surface area contributed by atoms with Crippen molar-refractivity contribution in [2.45, 2.75) is 6.10 Å². The standard InChI is InChI=1S/C10H6N2O2/c11-6-9(7-12)14-10(13)8-4-2-1-3-5-8/h1-5,9H. The van der Waals surface area contributed by atoms with Crippen molar-refractivity contribution in [3.05, 3.63) is 35.9 Å². The predicted octanol–water partition coefficient (Wildman–Crippen LogP) is 1.26. The molecule has 0 saturated carbocycles. The van der Waals surface area contributed by atoms with Crippen LogP contribution in [0.2, 0.25) is 0 Å². The predicted molar refractivity (Wildman–Crippen MR) is 46.9 cm³/mol. The third-order valence-electron chi connectivity index (χ3n) is 1.47. The SMILES string of the molecule is N#CC(C#N)OC(=O)c1ccccc1. The Bertz CT molecular complexity index is 386. The van der Waals surface area contributed by atoms with Crippen molar-refractivity contribution in [2.75, 3.05) is 0 Å². The van der Waals surface area contributed by atoms with Gasteiger partial charge in [-0.3, -0.25) is 0 Å². The van der Waals surface area contributed by atoms with E-state index in [1.165, 1.54) is 0 Å². The van der Waals surface area contributed by atoms with Gasteiger partial charge in [-0.1, -0.05) is 18.2 Å². The Balaban J connectivity index is 2.71. The molecule has 0 heterocycles. The van der Waals surface area contributed by atoms with E-state index in [4.69, 9.17) is 10.5 Å². The van der Waals surface area contributed by atoms with Crippen LogP contribution in [0, 0.1) is 22.7 Å². The normalized spacial score (nSPS) is 8.79. The van der Waals surface area contributed by atoms with E-state index in [2.05, 4.69) is 4.74 Å². The fraction of sp³-hybridized carbons (Fsp3) is 0.100. The molecule has 4 nitrogen and oxygen atoms in total. The van der Waals surface area contributed by atoms with Gasteiger partial charge < -0.3 is 4.74 Å². The molecule has 4 heteroatoms. The summed E-state index contributed by atoms with van der Waals surface area (Å²) in [6.07, 6.45) is -1.34. The Hall–Kier alpha value is -2.33. The highest BCUT2D eigenvalue weighted by atomic mass is 16.5. The molecule has 0 spiro atoms. The third-order valence-corrected chi connectivity index (χ3v) is 1.47. The summed E-state index contributed by atoms with van der Waals surface area (Å²) in [5, 5.41) is 16.7. The molecule has 0 atom stereocenters. The minimum absolute atomic E-state index is 0.322. The van der Waals surface area contributed by atoms with Gasteiger partial charge in [0.15, 0.2) is 0 Å². The average Bonchev–Trinajstić information content (AvgIpc) is 2.26. The smallest absolute Gasteiger partial charge is 0.340 e. The summed E-state index contributed by atoms with van der Waals surface area (Å²) in [6, 6.07) is 11.3. The number of rotatable bonds is 2. The van der Waals surface area contributed by atoms with Crippen molar-refractivity contribution < 1.29 is 9.53 Å². The minimum Gasteiger partial charge on any atom is -0.429 e. The topological polar surface area (TPSA) is 73.9 Å². The Morgan fingerprint density at radius 2 is 1.79 bits per heavy atom. The second kappa shape index (κ2) is 4.64. The largest absolute Gasteiger partial charge is 0.429 e. The molecule has 0 amide bonds. The summed E-state index contributed by atoms with van der Waals surface area (Å²) in [7, 11) is 0. The molecule has 0 fully saturated rings. The summed E-state index contributed by atoms with van der Waals surface area (Å²) in [4.78, 5) is 11.2. The van der Waals surface area contributed by atoms with E-state index in [1.807, 2.05) is 0 Å². The summed E-state index contributed by atoms with van der Waals surface area (Å²) < 4.78 is 4.57. The molecule has 0 saturated heterocycles. The maximum atomic E-state index is 11.2. The van der Waals surface area contributed by atoms with Crippen LogP contribution in [0.5, 0.6) is 0 Å². The van der Waals surface area contributed by atoms with Gasteiger partial charge in [-0.05, 0) is 12.1 Å². The molecule has 1 aromatic rings. The second-order valence-corrected chi connectivity index (χ2v) is 2.41. The molecule has 1 rings (SSSR count). The van der Waals surface area contributed by atoms with Crippen molar-refractivity contribution in [3.63, 3.8) is 0 Å². The van der Waals surface area contributed by atoms with Crippen LogP contribution >= 0.6 is 0 Å². The van der Waals surface area contributed by atoms with Crippen LogP contribution in [0.1, 0.15) is 10.4 Å². The molecular weight excluding hydrogens is 180 g/mol. The molecule has 0 aliphatic rings. The summed E-state index contributed by atoms with van der Waals surface area (Å²) >= 11 is 0. The lowest BCUT2D eigenvalue weighted by molar-refractivity contribution is 0.0481. The lowest BCUT2D eigenvalue weighted by atomic mass is 10.2. The number of hydrogen-bond acceptors (Lipinski definition) is 4. The zero-order valence-corrected chi connectivity index (χ0v) is 7.18. The number of nitriles is 2. The Morgan fingerprint density at radius 1 is 1.21 bits per heavy atom. The van der Waals surface area contributed by atoms with Gasteiger partial charge in [0, 0.05) is 0 Å². The van der Waals surface area contributed by atoms with Crippen molar-refractivity contribution in [1.29, 1.82) is 10.5 Å². The quantitative estimate of drug-likeness (QED) is 0.651. The molecule has 0 radical (unpaired) electrons. The molecule has 0 bridgehead atoms. The summed E-state index contributed by atoms with van der Waals surface area (Å²) in [5.74, 6) is -0.668.